The number of H-pyrrole nitrogens is 1. The molecule has 5 nitrogen and oxygen atoms in total. The number of rotatable bonds is 4. The molecule has 2 heterocycles. The van der Waals surface area contributed by atoms with E-state index < -0.39 is 17.7 Å². The molecule has 34 heavy (non-hydrogen) atoms. The second-order valence-electron chi connectivity index (χ2n) is 8.53. The Morgan fingerprint density at radius 2 is 1.59 bits per heavy atom. The lowest BCUT2D eigenvalue weighted by Gasteiger charge is -2.23. The lowest BCUT2D eigenvalue weighted by Crippen LogP contribution is -2.26. The lowest BCUT2D eigenvalue weighted by molar-refractivity contribution is -0.137. The van der Waals surface area contributed by atoms with Crippen molar-refractivity contribution in [1.29, 1.82) is 0 Å². The molecule has 1 aliphatic heterocycles. The van der Waals surface area contributed by atoms with Crippen LogP contribution in [0.1, 0.15) is 40.2 Å². The molecule has 5 rings (SSSR count). The van der Waals surface area contributed by atoms with Gasteiger partial charge in [0.15, 0.2) is 0 Å². The molecule has 0 bridgehead atoms. The number of carboxylic acid groups (broad SMARTS) is 1. The Labute approximate surface area is 193 Å². The number of aromatic carboxylic acids is 1. The van der Waals surface area contributed by atoms with Crippen LogP contribution in [0.5, 0.6) is 0 Å². The molecule has 0 saturated carbocycles. The van der Waals surface area contributed by atoms with E-state index in [1.54, 1.807) is 6.07 Å². The highest BCUT2D eigenvalue weighted by molar-refractivity contribution is 6.00. The zero-order valence-corrected chi connectivity index (χ0v) is 18.1. The van der Waals surface area contributed by atoms with Crippen LogP contribution in [-0.2, 0) is 6.18 Å². The van der Waals surface area contributed by atoms with Crippen LogP contribution >= 0.6 is 0 Å². The summed E-state index contributed by atoms with van der Waals surface area (Å²) in [6.07, 6.45) is -2.27. The molecule has 3 aromatic carbocycles. The Kier molecular flexibility index (Phi) is 5.61. The summed E-state index contributed by atoms with van der Waals surface area (Å²) in [5.41, 5.74) is 3.65. The molecule has 1 aliphatic rings. The predicted octanol–water partition coefficient (Wildman–Crippen LogP) is 6.08. The number of aromatic amines is 1. The summed E-state index contributed by atoms with van der Waals surface area (Å²) < 4.78 is 38.7. The van der Waals surface area contributed by atoms with Crippen LogP contribution in [0.4, 0.5) is 13.2 Å². The molecule has 0 spiro atoms. The fraction of sp³-hybridized carbons (Fsp3) is 0.231. The van der Waals surface area contributed by atoms with Crippen LogP contribution in [0.25, 0.3) is 33.5 Å². The molecular weight excluding hydrogens is 443 g/mol. The molecule has 174 valence electrons. The molecule has 0 aliphatic carbocycles. The van der Waals surface area contributed by atoms with Gasteiger partial charge in [0.1, 0.15) is 5.82 Å². The van der Waals surface area contributed by atoms with E-state index in [4.69, 9.17) is 0 Å². The summed E-state index contributed by atoms with van der Waals surface area (Å²) in [4.78, 5) is 19.5. The second kappa shape index (κ2) is 8.61. The van der Waals surface area contributed by atoms with E-state index in [9.17, 15) is 23.1 Å². The van der Waals surface area contributed by atoms with E-state index in [1.165, 1.54) is 23.8 Å². The van der Waals surface area contributed by atoms with E-state index in [-0.39, 0.29) is 5.56 Å². The number of benzene rings is 3. The van der Waals surface area contributed by atoms with Gasteiger partial charge in [0.2, 0.25) is 0 Å². The molecular formula is C26H22F3N3O2. The number of alkyl halides is 3. The Morgan fingerprint density at radius 3 is 2.21 bits per heavy atom. The standard InChI is InChI=1S/C26H22F3N3O2/c27-26(28,29)20-7-5-18(6-8-20)24-31-22-14-19(25(33)34)13-21(23(22)32-24)17-3-1-15(2-4-17)16-9-11-30-12-10-16/h1-8,13-14,16,30H,9-12H2,(H,31,32)(H,33,34). The average molecular weight is 465 g/mol. The number of hydrogen-bond donors (Lipinski definition) is 3. The van der Waals surface area contributed by atoms with E-state index in [2.05, 4.69) is 27.4 Å². The number of aromatic nitrogens is 2. The van der Waals surface area contributed by atoms with Crippen LogP contribution in [0.3, 0.4) is 0 Å². The average Bonchev–Trinajstić information content (AvgIpc) is 3.28. The van der Waals surface area contributed by atoms with Gasteiger partial charge >= 0.3 is 12.1 Å². The van der Waals surface area contributed by atoms with Gasteiger partial charge in [0.25, 0.3) is 0 Å². The maximum Gasteiger partial charge on any atom is 0.416 e. The second-order valence-corrected chi connectivity index (χ2v) is 8.53. The zero-order valence-electron chi connectivity index (χ0n) is 18.1. The molecule has 3 N–H and O–H groups in total. The quantitative estimate of drug-likeness (QED) is 0.341. The number of carbonyl (C=O) groups is 1. The number of hydrogen-bond acceptors (Lipinski definition) is 3. The first-order valence-corrected chi connectivity index (χ1v) is 11.1. The lowest BCUT2D eigenvalue weighted by atomic mass is 9.89. The summed E-state index contributed by atoms with van der Waals surface area (Å²) in [6.45, 7) is 1.99. The van der Waals surface area contributed by atoms with Crippen molar-refractivity contribution in [3.63, 3.8) is 0 Å². The SMILES string of the molecule is O=C(O)c1cc(-c2ccc(C3CCNCC3)cc2)c2nc(-c3ccc(C(F)(F)F)cc3)[nH]c2c1. The molecule has 8 heteroatoms. The van der Waals surface area contributed by atoms with Crippen molar-refractivity contribution in [2.75, 3.05) is 13.1 Å². The van der Waals surface area contributed by atoms with Crippen molar-refractivity contribution in [3.8, 4) is 22.5 Å². The third-order valence-corrected chi connectivity index (χ3v) is 6.35. The molecule has 1 fully saturated rings. The summed E-state index contributed by atoms with van der Waals surface area (Å²) in [6, 6.07) is 15.9. The van der Waals surface area contributed by atoms with Gasteiger partial charge in [-0.05, 0) is 67.2 Å². The van der Waals surface area contributed by atoms with Crippen LogP contribution in [0, 0.1) is 0 Å². The van der Waals surface area contributed by atoms with Crippen molar-refractivity contribution >= 4 is 17.0 Å². The highest BCUT2D eigenvalue weighted by atomic mass is 19.4. The smallest absolute Gasteiger partial charge is 0.416 e. The maximum absolute atomic E-state index is 12.9. The minimum Gasteiger partial charge on any atom is -0.478 e. The van der Waals surface area contributed by atoms with Crippen molar-refractivity contribution in [2.45, 2.75) is 24.9 Å². The van der Waals surface area contributed by atoms with Crippen LogP contribution in [-0.4, -0.2) is 34.1 Å². The molecule has 0 atom stereocenters. The Morgan fingerprint density at radius 1 is 0.941 bits per heavy atom. The van der Waals surface area contributed by atoms with Crippen molar-refractivity contribution < 1.29 is 23.1 Å². The number of nitrogens with zero attached hydrogens (tertiary/aromatic N) is 1. The van der Waals surface area contributed by atoms with Gasteiger partial charge in [-0.15, -0.1) is 0 Å². The number of imidazole rings is 1. The first-order valence-electron chi connectivity index (χ1n) is 11.1. The fourth-order valence-electron chi connectivity index (χ4n) is 4.50. The number of carboxylic acids is 1. The van der Waals surface area contributed by atoms with E-state index in [0.29, 0.717) is 33.9 Å². The number of piperidine rings is 1. The third-order valence-electron chi connectivity index (χ3n) is 6.35. The Hall–Kier alpha value is -3.65. The Balaban J connectivity index is 1.56. The minimum atomic E-state index is -4.42. The molecule has 1 saturated heterocycles. The number of halogens is 3. The number of fused-ring (bicyclic) bond motifs is 1. The van der Waals surface area contributed by atoms with Crippen LogP contribution in [0.2, 0.25) is 0 Å². The third kappa shape index (κ3) is 4.28. The van der Waals surface area contributed by atoms with Gasteiger partial charge in [0.05, 0.1) is 22.2 Å². The van der Waals surface area contributed by atoms with E-state index in [0.717, 1.165) is 43.6 Å². The van der Waals surface area contributed by atoms with Crippen molar-refractivity contribution in [2.24, 2.45) is 0 Å². The highest BCUT2D eigenvalue weighted by Gasteiger charge is 2.30. The maximum atomic E-state index is 12.9. The number of nitrogens with one attached hydrogen (secondary N) is 2. The van der Waals surface area contributed by atoms with E-state index in [1.807, 2.05) is 12.1 Å². The molecule has 0 unspecified atom stereocenters. The van der Waals surface area contributed by atoms with Gasteiger partial charge in [-0.1, -0.05) is 36.4 Å². The summed E-state index contributed by atoms with van der Waals surface area (Å²) in [7, 11) is 0. The van der Waals surface area contributed by atoms with Gasteiger partial charge < -0.3 is 15.4 Å². The van der Waals surface area contributed by atoms with Crippen molar-refractivity contribution in [1.82, 2.24) is 15.3 Å². The molecule has 4 aromatic rings. The fourth-order valence-corrected chi connectivity index (χ4v) is 4.50. The minimum absolute atomic E-state index is 0.104. The molecule has 1 aromatic heterocycles. The summed E-state index contributed by atoms with van der Waals surface area (Å²) >= 11 is 0. The van der Waals surface area contributed by atoms with Gasteiger partial charge in [0, 0.05) is 11.1 Å². The zero-order chi connectivity index (χ0) is 23.9. The van der Waals surface area contributed by atoms with Crippen molar-refractivity contribution in [3.05, 3.63) is 77.4 Å². The van der Waals surface area contributed by atoms with Gasteiger partial charge in [-0.3, -0.25) is 0 Å². The highest BCUT2D eigenvalue weighted by Crippen LogP contribution is 2.34. The van der Waals surface area contributed by atoms with E-state index >= 15 is 0 Å². The largest absolute Gasteiger partial charge is 0.478 e. The topological polar surface area (TPSA) is 78.0 Å². The van der Waals surface area contributed by atoms with Gasteiger partial charge in [-0.25, -0.2) is 9.78 Å². The summed E-state index contributed by atoms with van der Waals surface area (Å²) in [5, 5.41) is 13.0. The van der Waals surface area contributed by atoms with Crippen LogP contribution < -0.4 is 5.32 Å². The molecule has 0 radical (unpaired) electrons. The monoisotopic (exact) mass is 465 g/mol. The first-order chi connectivity index (χ1) is 16.3. The van der Waals surface area contributed by atoms with Crippen LogP contribution in [0.15, 0.2) is 60.7 Å². The predicted molar refractivity (Wildman–Crippen MR) is 124 cm³/mol. The first kappa shape index (κ1) is 22.2. The Bertz CT molecular complexity index is 1340. The van der Waals surface area contributed by atoms with Gasteiger partial charge in [-0.2, -0.15) is 13.2 Å². The molecule has 0 amide bonds. The normalized spacial score (nSPS) is 15.0. The summed E-state index contributed by atoms with van der Waals surface area (Å²) in [5.74, 6) is -0.198.